The van der Waals surface area contributed by atoms with Gasteiger partial charge >= 0.3 is 6.09 Å². The van der Waals surface area contributed by atoms with Crippen molar-refractivity contribution < 1.29 is 24.2 Å². The minimum atomic E-state index is -0.490. The van der Waals surface area contributed by atoms with E-state index >= 15 is 0 Å². The van der Waals surface area contributed by atoms with Gasteiger partial charge in [0.2, 0.25) is 0 Å². The average molecular weight is 322 g/mol. The molecule has 0 saturated carbocycles. The van der Waals surface area contributed by atoms with Crippen LogP contribution in [0.2, 0.25) is 0 Å². The second-order valence-electron chi connectivity index (χ2n) is 5.20. The van der Waals surface area contributed by atoms with Crippen molar-refractivity contribution in [2.24, 2.45) is 5.16 Å². The number of rotatable bonds is 6. The molecule has 7 nitrogen and oxygen atoms in total. The van der Waals surface area contributed by atoms with Crippen LogP contribution in [0.25, 0.3) is 0 Å². The predicted octanol–water partition coefficient (Wildman–Crippen LogP) is 2.28. The van der Waals surface area contributed by atoms with Gasteiger partial charge in [0.15, 0.2) is 6.29 Å². The summed E-state index contributed by atoms with van der Waals surface area (Å²) >= 11 is 0. The molecule has 1 aromatic carbocycles. The van der Waals surface area contributed by atoms with Crippen molar-refractivity contribution in [3.8, 4) is 0 Å². The number of amides is 1. The van der Waals surface area contributed by atoms with Crippen LogP contribution >= 0.6 is 0 Å². The lowest BCUT2D eigenvalue weighted by Crippen LogP contribution is -2.39. The van der Waals surface area contributed by atoms with Crippen molar-refractivity contribution in [2.45, 2.75) is 38.3 Å². The number of alkyl carbamates (subject to hydrolysis) is 1. The molecule has 2 N–H and O–H groups in total. The molecule has 7 heteroatoms. The molecule has 0 aliphatic carbocycles. The first-order valence-electron chi connectivity index (χ1n) is 7.56. The molecule has 0 unspecified atom stereocenters. The first-order chi connectivity index (χ1) is 11.2. The molecule has 1 heterocycles. The van der Waals surface area contributed by atoms with Crippen molar-refractivity contribution in [3.05, 3.63) is 35.9 Å². The van der Waals surface area contributed by atoms with Gasteiger partial charge in [0.1, 0.15) is 12.7 Å². The molecule has 2 atom stereocenters. The van der Waals surface area contributed by atoms with E-state index in [1.54, 1.807) is 7.11 Å². The van der Waals surface area contributed by atoms with E-state index in [0.29, 0.717) is 31.5 Å². The Hall–Kier alpha value is -2.12. The van der Waals surface area contributed by atoms with Gasteiger partial charge in [0.05, 0.1) is 5.71 Å². The molecular formula is C16H22N2O5. The normalized spacial score (nSPS) is 22.7. The van der Waals surface area contributed by atoms with Crippen molar-refractivity contribution >= 4 is 11.8 Å². The summed E-state index contributed by atoms with van der Waals surface area (Å²) in [5.74, 6) is 0. The van der Waals surface area contributed by atoms with E-state index in [1.807, 2.05) is 30.3 Å². The van der Waals surface area contributed by atoms with Gasteiger partial charge in [-0.2, -0.15) is 0 Å². The molecule has 126 valence electrons. The summed E-state index contributed by atoms with van der Waals surface area (Å²) in [4.78, 5) is 11.7. The maximum Gasteiger partial charge on any atom is 0.407 e. The van der Waals surface area contributed by atoms with E-state index in [-0.39, 0.29) is 19.0 Å². The lowest BCUT2D eigenvalue weighted by Gasteiger charge is -2.29. The summed E-state index contributed by atoms with van der Waals surface area (Å²) in [5.41, 5.74) is 1.49. The summed E-state index contributed by atoms with van der Waals surface area (Å²) < 4.78 is 15.9. The highest BCUT2D eigenvalue weighted by Gasteiger charge is 2.28. The Morgan fingerprint density at radius 3 is 2.91 bits per heavy atom. The molecule has 1 fully saturated rings. The minimum Gasteiger partial charge on any atom is -0.445 e. The van der Waals surface area contributed by atoms with Crippen molar-refractivity contribution in [2.75, 3.05) is 13.7 Å². The lowest BCUT2D eigenvalue weighted by atomic mass is 10.0. The van der Waals surface area contributed by atoms with E-state index in [0.717, 1.165) is 5.56 Å². The molecule has 0 aromatic heterocycles. The van der Waals surface area contributed by atoms with Crippen LogP contribution < -0.4 is 5.32 Å². The van der Waals surface area contributed by atoms with Gasteiger partial charge in [-0.1, -0.05) is 35.5 Å². The van der Waals surface area contributed by atoms with E-state index in [9.17, 15) is 4.79 Å². The smallest absolute Gasteiger partial charge is 0.407 e. The topological polar surface area (TPSA) is 89.4 Å². The number of hydrogen-bond donors (Lipinski definition) is 2. The fourth-order valence-electron chi connectivity index (χ4n) is 2.36. The average Bonchev–Trinajstić information content (AvgIpc) is 2.60. The third-order valence-electron chi connectivity index (χ3n) is 3.60. The molecule has 1 amide bonds. The lowest BCUT2D eigenvalue weighted by molar-refractivity contribution is -0.151. The maximum atomic E-state index is 11.7. The molecule has 1 aliphatic rings. The minimum absolute atomic E-state index is 0.224. The number of carbonyl (C=O) groups is 1. The molecule has 2 rings (SSSR count). The van der Waals surface area contributed by atoms with E-state index in [4.69, 9.17) is 19.4 Å². The fourth-order valence-corrected chi connectivity index (χ4v) is 2.36. The molecule has 0 radical (unpaired) electrons. The SMILES string of the molecule is CO[C@@H]1CC/C(=N\O)[C@@H](CCNC(=O)OCc2ccccc2)O1. The molecule has 0 spiro atoms. The fraction of sp³-hybridized carbons (Fsp3) is 0.500. The molecule has 1 aromatic rings. The van der Waals surface area contributed by atoms with Crippen LogP contribution in [0.4, 0.5) is 4.79 Å². The second-order valence-corrected chi connectivity index (χ2v) is 5.20. The Bertz CT molecular complexity index is 520. The summed E-state index contributed by atoms with van der Waals surface area (Å²) in [5, 5.41) is 14.9. The van der Waals surface area contributed by atoms with Gasteiger partial charge in [0.25, 0.3) is 0 Å². The van der Waals surface area contributed by atoms with Crippen LogP contribution in [0.1, 0.15) is 24.8 Å². The number of nitrogens with zero attached hydrogens (tertiary/aromatic N) is 1. The Labute approximate surface area is 135 Å². The highest BCUT2D eigenvalue weighted by Crippen LogP contribution is 2.19. The van der Waals surface area contributed by atoms with E-state index < -0.39 is 6.09 Å². The standard InChI is InChI=1S/C16H22N2O5/c1-21-15-8-7-13(18-20)14(23-15)9-10-17-16(19)22-11-12-5-3-2-4-6-12/h2-6,14-15,20H,7-11H2,1H3,(H,17,19)/b18-13+/t14-,15+/m1/s1. The zero-order valence-corrected chi connectivity index (χ0v) is 13.1. The van der Waals surface area contributed by atoms with Gasteiger partial charge in [0, 0.05) is 20.1 Å². The largest absolute Gasteiger partial charge is 0.445 e. The molecule has 1 saturated heterocycles. The first kappa shape index (κ1) is 17.2. The Morgan fingerprint density at radius 2 is 2.22 bits per heavy atom. The highest BCUT2D eigenvalue weighted by atomic mass is 16.7. The Kier molecular flexibility index (Phi) is 6.83. The van der Waals surface area contributed by atoms with Crippen LogP contribution in [0.5, 0.6) is 0 Å². The highest BCUT2D eigenvalue weighted by molar-refractivity contribution is 5.88. The van der Waals surface area contributed by atoms with Crippen LogP contribution in [0.3, 0.4) is 0 Å². The van der Waals surface area contributed by atoms with Gasteiger partial charge in [-0.15, -0.1) is 0 Å². The number of oxime groups is 1. The van der Waals surface area contributed by atoms with Crippen LogP contribution in [-0.2, 0) is 20.8 Å². The molecular weight excluding hydrogens is 300 g/mol. The zero-order chi connectivity index (χ0) is 16.5. The van der Waals surface area contributed by atoms with Gasteiger partial charge in [-0.05, 0) is 18.4 Å². The van der Waals surface area contributed by atoms with Crippen molar-refractivity contribution in [3.63, 3.8) is 0 Å². The number of methoxy groups -OCH3 is 1. The summed E-state index contributed by atoms with van der Waals surface area (Å²) in [6.45, 7) is 0.579. The number of hydrogen-bond acceptors (Lipinski definition) is 6. The molecule has 1 aliphatic heterocycles. The number of nitrogens with one attached hydrogen (secondary N) is 1. The Balaban J connectivity index is 1.69. The monoisotopic (exact) mass is 322 g/mol. The number of benzene rings is 1. The predicted molar refractivity (Wildman–Crippen MR) is 83.4 cm³/mol. The first-order valence-corrected chi connectivity index (χ1v) is 7.56. The van der Waals surface area contributed by atoms with Gasteiger partial charge in [-0.25, -0.2) is 4.79 Å². The van der Waals surface area contributed by atoms with E-state index in [1.165, 1.54) is 0 Å². The third kappa shape index (κ3) is 5.54. The molecule has 0 bridgehead atoms. The van der Waals surface area contributed by atoms with Gasteiger partial charge in [-0.3, -0.25) is 0 Å². The Morgan fingerprint density at radius 1 is 1.43 bits per heavy atom. The van der Waals surface area contributed by atoms with E-state index in [2.05, 4.69) is 10.5 Å². The number of carbonyl (C=O) groups excluding carboxylic acids is 1. The zero-order valence-electron chi connectivity index (χ0n) is 13.1. The quantitative estimate of drug-likeness (QED) is 0.619. The maximum absolute atomic E-state index is 11.7. The summed E-state index contributed by atoms with van der Waals surface area (Å²) in [6, 6.07) is 9.45. The third-order valence-corrected chi connectivity index (χ3v) is 3.60. The second kappa shape index (κ2) is 9.12. The summed E-state index contributed by atoms with van der Waals surface area (Å²) in [7, 11) is 1.57. The van der Waals surface area contributed by atoms with Crippen molar-refractivity contribution in [1.29, 1.82) is 0 Å². The van der Waals surface area contributed by atoms with Crippen LogP contribution in [0, 0.1) is 0 Å². The van der Waals surface area contributed by atoms with Crippen LogP contribution in [0.15, 0.2) is 35.5 Å². The summed E-state index contributed by atoms with van der Waals surface area (Å²) in [6.07, 6.45) is 0.579. The van der Waals surface area contributed by atoms with Gasteiger partial charge < -0.3 is 24.7 Å². The number of ether oxygens (including phenoxy) is 3. The van der Waals surface area contributed by atoms with Crippen molar-refractivity contribution in [1.82, 2.24) is 5.32 Å². The van der Waals surface area contributed by atoms with Crippen LogP contribution in [-0.4, -0.2) is 43.1 Å². The molecule has 23 heavy (non-hydrogen) atoms.